The normalized spacial score (nSPS) is 10.6. The van der Waals surface area contributed by atoms with E-state index in [4.69, 9.17) is 11.6 Å². The fourth-order valence-electron chi connectivity index (χ4n) is 1.59. The van der Waals surface area contributed by atoms with Gasteiger partial charge in [0.25, 0.3) is 0 Å². The molecule has 0 unspecified atom stereocenters. The SMILES string of the molecule is CCc1c(Cl)ncnc1Nc1c(F)cc(F)cc1F. The molecule has 1 heterocycles. The highest BCUT2D eigenvalue weighted by Crippen LogP contribution is 2.27. The molecule has 7 heteroatoms. The molecule has 0 amide bonds. The molecule has 1 N–H and O–H groups in total. The Labute approximate surface area is 112 Å². The lowest BCUT2D eigenvalue weighted by molar-refractivity contribution is 0.548. The van der Waals surface area contributed by atoms with E-state index in [1.54, 1.807) is 6.92 Å². The van der Waals surface area contributed by atoms with E-state index in [2.05, 4.69) is 15.3 Å². The van der Waals surface area contributed by atoms with Crippen molar-refractivity contribution in [1.29, 1.82) is 0 Å². The zero-order chi connectivity index (χ0) is 14.0. The third-order valence-corrected chi connectivity index (χ3v) is 2.82. The first-order valence-electron chi connectivity index (χ1n) is 5.43. The van der Waals surface area contributed by atoms with Crippen LogP contribution < -0.4 is 5.32 Å². The molecule has 2 aromatic rings. The molecule has 0 saturated heterocycles. The minimum absolute atomic E-state index is 0.187. The quantitative estimate of drug-likeness (QED) is 0.871. The second-order valence-electron chi connectivity index (χ2n) is 3.71. The summed E-state index contributed by atoms with van der Waals surface area (Å²) in [5, 5.41) is 2.67. The lowest BCUT2D eigenvalue weighted by Gasteiger charge is -2.11. The van der Waals surface area contributed by atoms with Crippen LogP contribution in [0.4, 0.5) is 24.7 Å². The summed E-state index contributed by atoms with van der Waals surface area (Å²) in [6.45, 7) is 1.80. The average molecular weight is 288 g/mol. The molecule has 0 spiro atoms. The van der Waals surface area contributed by atoms with E-state index in [1.807, 2.05) is 0 Å². The minimum atomic E-state index is -1.05. The van der Waals surface area contributed by atoms with E-state index >= 15 is 0 Å². The second kappa shape index (κ2) is 5.44. The van der Waals surface area contributed by atoms with E-state index in [9.17, 15) is 13.2 Å². The molecule has 0 fully saturated rings. The highest BCUT2D eigenvalue weighted by molar-refractivity contribution is 6.30. The Balaban J connectivity index is 2.45. The summed E-state index contributed by atoms with van der Waals surface area (Å²) in [5.41, 5.74) is 0.0400. The van der Waals surface area contributed by atoms with Crippen LogP contribution in [0.3, 0.4) is 0 Å². The Morgan fingerprint density at radius 3 is 2.37 bits per heavy atom. The number of aromatic nitrogens is 2. The molecule has 3 nitrogen and oxygen atoms in total. The Hall–Kier alpha value is -1.82. The number of halogens is 4. The molecule has 0 bridgehead atoms. The molecule has 2 rings (SSSR count). The highest BCUT2D eigenvalue weighted by atomic mass is 35.5. The lowest BCUT2D eigenvalue weighted by atomic mass is 10.2. The zero-order valence-electron chi connectivity index (χ0n) is 9.85. The highest BCUT2D eigenvalue weighted by Gasteiger charge is 2.15. The van der Waals surface area contributed by atoms with Crippen molar-refractivity contribution in [2.45, 2.75) is 13.3 Å². The molecule has 0 aliphatic heterocycles. The Bertz CT molecular complexity index is 596. The van der Waals surface area contributed by atoms with Crippen molar-refractivity contribution < 1.29 is 13.2 Å². The smallest absolute Gasteiger partial charge is 0.152 e. The monoisotopic (exact) mass is 287 g/mol. The third kappa shape index (κ3) is 2.78. The molecule has 0 radical (unpaired) electrons. The van der Waals surface area contributed by atoms with Crippen LogP contribution in [-0.2, 0) is 6.42 Å². The molecule has 1 aromatic heterocycles. The van der Waals surface area contributed by atoms with Crippen LogP contribution in [0.25, 0.3) is 0 Å². The number of rotatable bonds is 3. The predicted octanol–water partition coefficient (Wildman–Crippen LogP) is 3.85. The van der Waals surface area contributed by atoms with Gasteiger partial charge >= 0.3 is 0 Å². The molecule has 0 aliphatic rings. The van der Waals surface area contributed by atoms with Gasteiger partial charge in [0.15, 0.2) is 11.6 Å². The predicted molar refractivity (Wildman–Crippen MR) is 66.0 cm³/mol. The maximum absolute atomic E-state index is 13.5. The lowest BCUT2D eigenvalue weighted by Crippen LogP contribution is -2.04. The van der Waals surface area contributed by atoms with Crippen LogP contribution >= 0.6 is 11.6 Å². The molecule has 0 atom stereocenters. The van der Waals surface area contributed by atoms with Crippen LogP contribution in [0.5, 0.6) is 0 Å². The summed E-state index contributed by atoms with van der Waals surface area (Å²) in [6, 6.07) is 1.17. The minimum Gasteiger partial charge on any atom is -0.335 e. The molecular weight excluding hydrogens is 279 g/mol. The van der Waals surface area contributed by atoms with Gasteiger partial charge in [0.05, 0.1) is 0 Å². The van der Waals surface area contributed by atoms with Crippen LogP contribution in [0.2, 0.25) is 5.15 Å². The molecular formula is C12H9ClF3N3. The number of nitrogens with one attached hydrogen (secondary N) is 1. The number of benzene rings is 1. The summed E-state index contributed by atoms with van der Waals surface area (Å²) in [5.74, 6) is -2.90. The van der Waals surface area contributed by atoms with E-state index in [0.717, 1.165) is 0 Å². The first kappa shape index (κ1) is 13.6. The van der Waals surface area contributed by atoms with Gasteiger partial charge in [-0.3, -0.25) is 0 Å². The Kier molecular flexibility index (Phi) is 3.90. The van der Waals surface area contributed by atoms with Crippen LogP contribution in [0, 0.1) is 17.5 Å². The first-order chi connectivity index (χ1) is 9.02. The van der Waals surface area contributed by atoms with E-state index in [1.165, 1.54) is 6.33 Å². The molecule has 0 aliphatic carbocycles. The maximum atomic E-state index is 13.5. The van der Waals surface area contributed by atoms with E-state index < -0.39 is 23.1 Å². The summed E-state index contributed by atoms with van der Waals surface area (Å²) in [4.78, 5) is 7.65. The van der Waals surface area contributed by atoms with Crippen molar-refractivity contribution >= 4 is 23.1 Å². The maximum Gasteiger partial charge on any atom is 0.152 e. The van der Waals surface area contributed by atoms with Gasteiger partial charge in [-0.1, -0.05) is 18.5 Å². The Morgan fingerprint density at radius 2 is 1.79 bits per heavy atom. The van der Waals surface area contributed by atoms with Gasteiger partial charge in [0.1, 0.15) is 28.8 Å². The van der Waals surface area contributed by atoms with Gasteiger partial charge in [-0.05, 0) is 6.42 Å². The van der Waals surface area contributed by atoms with Crippen LogP contribution in [0.15, 0.2) is 18.5 Å². The van der Waals surface area contributed by atoms with Crippen molar-refractivity contribution in [1.82, 2.24) is 9.97 Å². The fraction of sp³-hybridized carbons (Fsp3) is 0.167. The van der Waals surface area contributed by atoms with Gasteiger partial charge in [-0.15, -0.1) is 0 Å². The van der Waals surface area contributed by atoms with E-state index in [0.29, 0.717) is 24.1 Å². The number of nitrogens with zero attached hydrogens (tertiary/aromatic N) is 2. The standard InChI is InChI=1S/C12H9ClF3N3/c1-2-7-11(13)17-5-18-12(7)19-10-8(15)3-6(14)4-9(10)16/h3-5H,2H2,1H3,(H,17,18,19). The topological polar surface area (TPSA) is 37.8 Å². The van der Waals surface area contributed by atoms with Crippen LogP contribution in [0.1, 0.15) is 12.5 Å². The van der Waals surface area contributed by atoms with Gasteiger partial charge in [-0.25, -0.2) is 23.1 Å². The molecule has 100 valence electrons. The first-order valence-corrected chi connectivity index (χ1v) is 5.81. The number of hydrogen-bond acceptors (Lipinski definition) is 3. The van der Waals surface area contributed by atoms with E-state index in [-0.39, 0.29) is 11.0 Å². The molecule has 19 heavy (non-hydrogen) atoms. The van der Waals surface area contributed by atoms with Crippen molar-refractivity contribution in [2.75, 3.05) is 5.32 Å². The number of anilines is 2. The second-order valence-corrected chi connectivity index (χ2v) is 4.07. The van der Waals surface area contributed by atoms with Crippen molar-refractivity contribution in [3.05, 3.63) is 46.6 Å². The summed E-state index contributed by atoms with van der Waals surface area (Å²) in [7, 11) is 0. The fourth-order valence-corrected chi connectivity index (χ4v) is 1.86. The zero-order valence-corrected chi connectivity index (χ0v) is 10.6. The van der Waals surface area contributed by atoms with Crippen molar-refractivity contribution in [3.8, 4) is 0 Å². The Morgan fingerprint density at radius 1 is 1.16 bits per heavy atom. The van der Waals surface area contributed by atoms with Crippen molar-refractivity contribution in [3.63, 3.8) is 0 Å². The van der Waals surface area contributed by atoms with Gasteiger partial charge in [0, 0.05) is 17.7 Å². The summed E-state index contributed by atoms with van der Waals surface area (Å²) < 4.78 is 39.8. The number of hydrogen-bond donors (Lipinski definition) is 1. The summed E-state index contributed by atoms with van der Waals surface area (Å²) in [6.07, 6.45) is 1.65. The molecule has 1 aromatic carbocycles. The largest absolute Gasteiger partial charge is 0.335 e. The van der Waals surface area contributed by atoms with Crippen LogP contribution in [-0.4, -0.2) is 9.97 Å². The third-order valence-electron chi connectivity index (χ3n) is 2.50. The van der Waals surface area contributed by atoms with Crippen molar-refractivity contribution in [2.24, 2.45) is 0 Å². The summed E-state index contributed by atoms with van der Waals surface area (Å²) >= 11 is 5.86. The van der Waals surface area contributed by atoms with Gasteiger partial charge in [-0.2, -0.15) is 0 Å². The molecule has 0 saturated carbocycles. The average Bonchev–Trinajstić information content (AvgIpc) is 2.34. The van der Waals surface area contributed by atoms with Gasteiger partial charge in [0.2, 0.25) is 0 Å². The van der Waals surface area contributed by atoms with Gasteiger partial charge < -0.3 is 5.32 Å².